The number of ketones is 1. The normalized spacial score (nSPS) is 22.5. The lowest BCUT2D eigenvalue weighted by molar-refractivity contribution is -0.148. The van der Waals surface area contributed by atoms with Crippen molar-refractivity contribution in [1.29, 1.82) is 0 Å². The molecule has 0 aromatic heterocycles. The molecule has 0 heterocycles. The Hall–Kier alpha value is -1.31. The van der Waals surface area contributed by atoms with Crippen LogP contribution in [-0.2, 0) is 10.2 Å². The summed E-state index contributed by atoms with van der Waals surface area (Å²) >= 11 is 0. The van der Waals surface area contributed by atoms with E-state index in [1.165, 1.54) is 5.56 Å². The zero-order chi connectivity index (χ0) is 13.6. The Labute approximate surface area is 109 Å². The summed E-state index contributed by atoms with van der Waals surface area (Å²) in [5, 5.41) is 0. The Balaban J connectivity index is 2.23. The van der Waals surface area contributed by atoms with Crippen molar-refractivity contribution in [2.45, 2.75) is 52.6 Å². The minimum atomic E-state index is -0.342. The second kappa shape index (κ2) is 4.11. The van der Waals surface area contributed by atoms with E-state index in [0.717, 1.165) is 5.75 Å². The van der Waals surface area contributed by atoms with Gasteiger partial charge < -0.3 is 4.74 Å². The van der Waals surface area contributed by atoms with Gasteiger partial charge in [0.05, 0.1) is 5.41 Å². The summed E-state index contributed by atoms with van der Waals surface area (Å²) in [4.78, 5) is 11.6. The summed E-state index contributed by atoms with van der Waals surface area (Å²) < 4.78 is 6.07. The number of hydrogen-bond acceptors (Lipinski definition) is 2. The van der Waals surface area contributed by atoms with Gasteiger partial charge in [0, 0.05) is 6.42 Å². The van der Waals surface area contributed by atoms with Crippen LogP contribution < -0.4 is 4.74 Å². The minimum Gasteiger partial charge on any atom is -0.489 e. The highest BCUT2D eigenvalue weighted by Gasteiger charge is 2.49. The summed E-state index contributed by atoms with van der Waals surface area (Å²) in [6, 6.07) is 8.12. The fourth-order valence-electron chi connectivity index (χ4n) is 2.27. The lowest BCUT2D eigenvalue weighted by Crippen LogP contribution is -2.53. The van der Waals surface area contributed by atoms with Gasteiger partial charge in [0.15, 0.2) is 0 Å². The largest absolute Gasteiger partial charge is 0.489 e. The maximum Gasteiger partial charge on any atom is 0.145 e. The summed E-state index contributed by atoms with van der Waals surface area (Å²) in [5.74, 6) is 1.20. The highest BCUT2D eigenvalue weighted by Crippen LogP contribution is 2.41. The van der Waals surface area contributed by atoms with E-state index in [1.807, 2.05) is 32.0 Å². The molecular formula is C16H22O2. The highest BCUT2D eigenvalue weighted by atomic mass is 16.5. The second-order valence-corrected chi connectivity index (χ2v) is 6.70. The molecule has 0 spiro atoms. The second-order valence-electron chi connectivity index (χ2n) is 6.70. The Kier molecular flexibility index (Phi) is 3.00. The van der Waals surface area contributed by atoms with Crippen molar-refractivity contribution in [3.63, 3.8) is 0 Å². The van der Waals surface area contributed by atoms with E-state index in [0.29, 0.717) is 12.2 Å². The van der Waals surface area contributed by atoms with Crippen molar-refractivity contribution < 1.29 is 9.53 Å². The van der Waals surface area contributed by atoms with Gasteiger partial charge in [-0.05, 0) is 30.9 Å². The van der Waals surface area contributed by atoms with Gasteiger partial charge in [0.25, 0.3) is 0 Å². The Bertz CT molecular complexity index is 466. The van der Waals surface area contributed by atoms with E-state index in [-0.39, 0.29) is 16.9 Å². The molecule has 18 heavy (non-hydrogen) atoms. The molecule has 1 atom stereocenters. The van der Waals surface area contributed by atoms with Crippen molar-refractivity contribution in [3.8, 4) is 5.75 Å². The standard InChI is InChI=1S/C16H22O2/c1-15(2,3)11-8-6-7-9-12(11)18-14-10-13(17)16(14,4)5/h6-9,14H,10H2,1-5H3. The first kappa shape index (κ1) is 13.1. The Morgan fingerprint density at radius 2 is 1.83 bits per heavy atom. The van der Waals surface area contributed by atoms with Gasteiger partial charge in [0.2, 0.25) is 0 Å². The van der Waals surface area contributed by atoms with Crippen LogP contribution in [0.3, 0.4) is 0 Å². The molecule has 1 fully saturated rings. The van der Waals surface area contributed by atoms with Crippen molar-refractivity contribution in [1.82, 2.24) is 0 Å². The maximum atomic E-state index is 11.6. The molecule has 0 saturated heterocycles. The van der Waals surface area contributed by atoms with E-state index < -0.39 is 0 Å². The summed E-state index contributed by atoms with van der Waals surface area (Å²) in [7, 11) is 0. The van der Waals surface area contributed by atoms with Crippen LogP contribution in [-0.4, -0.2) is 11.9 Å². The predicted octanol–water partition coefficient (Wildman–Crippen LogP) is 3.73. The van der Waals surface area contributed by atoms with Gasteiger partial charge >= 0.3 is 0 Å². The first-order valence-corrected chi connectivity index (χ1v) is 6.52. The predicted molar refractivity (Wildman–Crippen MR) is 73.0 cm³/mol. The summed E-state index contributed by atoms with van der Waals surface area (Å²) in [6.45, 7) is 10.4. The average molecular weight is 246 g/mol. The third kappa shape index (κ3) is 2.16. The van der Waals surface area contributed by atoms with Crippen LogP contribution in [0.15, 0.2) is 24.3 Å². The molecule has 1 unspecified atom stereocenters. The number of Topliss-reactive ketones (excluding diaryl/α,β-unsaturated/α-hetero) is 1. The van der Waals surface area contributed by atoms with E-state index in [1.54, 1.807) is 0 Å². The molecule has 0 radical (unpaired) electrons. The van der Waals surface area contributed by atoms with Gasteiger partial charge in [-0.2, -0.15) is 0 Å². The van der Waals surface area contributed by atoms with Crippen molar-refractivity contribution in [3.05, 3.63) is 29.8 Å². The third-order valence-corrected chi connectivity index (χ3v) is 3.86. The molecule has 1 aliphatic carbocycles. The quantitative estimate of drug-likeness (QED) is 0.794. The SMILES string of the molecule is CC(C)(C)c1ccccc1OC1CC(=O)C1(C)C. The van der Waals surface area contributed by atoms with Crippen LogP contribution in [0.5, 0.6) is 5.75 Å². The number of carbonyl (C=O) groups excluding carboxylic acids is 1. The molecule has 0 aliphatic heterocycles. The van der Waals surface area contributed by atoms with Crippen LogP contribution in [0.4, 0.5) is 0 Å². The molecule has 0 amide bonds. The number of benzene rings is 1. The molecule has 1 aromatic carbocycles. The summed E-state index contributed by atoms with van der Waals surface area (Å²) in [5.41, 5.74) is 0.902. The van der Waals surface area contributed by atoms with Gasteiger partial charge in [0.1, 0.15) is 17.6 Å². The number of ether oxygens (including phenoxy) is 1. The molecule has 0 bridgehead atoms. The van der Waals surface area contributed by atoms with Crippen LogP contribution in [0.25, 0.3) is 0 Å². The smallest absolute Gasteiger partial charge is 0.145 e. The van der Waals surface area contributed by atoms with Crippen LogP contribution in [0, 0.1) is 5.41 Å². The molecule has 1 aromatic rings. The lowest BCUT2D eigenvalue weighted by atomic mass is 9.68. The number of carbonyl (C=O) groups is 1. The molecule has 2 nitrogen and oxygen atoms in total. The molecule has 1 saturated carbocycles. The fourth-order valence-corrected chi connectivity index (χ4v) is 2.27. The number of para-hydroxylation sites is 1. The average Bonchev–Trinajstić information content (AvgIpc) is 2.28. The minimum absolute atomic E-state index is 0.00787. The third-order valence-electron chi connectivity index (χ3n) is 3.86. The van der Waals surface area contributed by atoms with Crippen molar-refractivity contribution in [2.24, 2.45) is 5.41 Å². The van der Waals surface area contributed by atoms with E-state index in [4.69, 9.17) is 4.74 Å². The van der Waals surface area contributed by atoms with Crippen LogP contribution in [0.1, 0.15) is 46.6 Å². The van der Waals surface area contributed by atoms with E-state index in [2.05, 4.69) is 26.8 Å². The van der Waals surface area contributed by atoms with Crippen molar-refractivity contribution in [2.75, 3.05) is 0 Å². The number of hydrogen-bond donors (Lipinski definition) is 0. The molecule has 2 heteroatoms. The van der Waals surface area contributed by atoms with E-state index >= 15 is 0 Å². The summed E-state index contributed by atoms with van der Waals surface area (Å²) in [6.07, 6.45) is 0.541. The maximum absolute atomic E-state index is 11.6. The first-order chi connectivity index (χ1) is 8.23. The topological polar surface area (TPSA) is 26.3 Å². The number of rotatable bonds is 2. The highest BCUT2D eigenvalue weighted by molar-refractivity contribution is 5.91. The van der Waals surface area contributed by atoms with Gasteiger partial charge in [-0.1, -0.05) is 39.0 Å². The monoisotopic (exact) mass is 246 g/mol. The molecule has 98 valence electrons. The fraction of sp³-hybridized carbons (Fsp3) is 0.562. The van der Waals surface area contributed by atoms with Crippen LogP contribution >= 0.6 is 0 Å². The molecule has 0 N–H and O–H groups in total. The molecule has 2 rings (SSSR count). The Morgan fingerprint density at radius 3 is 2.33 bits per heavy atom. The van der Waals surface area contributed by atoms with Crippen LogP contribution in [0.2, 0.25) is 0 Å². The van der Waals surface area contributed by atoms with Gasteiger partial charge in [-0.15, -0.1) is 0 Å². The van der Waals surface area contributed by atoms with Gasteiger partial charge in [-0.25, -0.2) is 0 Å². The lowest BCUT2D eigenvalue weighted by Gasteiger charge is -2.42. The molecular weight excluding hydrogens is 224 g/mol. The van der Waals surface area contributed by atoms with E-state index in [9.17, 15) is 4.79 Å². The molecule has 1 aliphatic rings. The zero-order valence-corrected chi connectivity index (χ0v) is 11.9. The zero-order valence-electron chi connectivity index (χ0n) is 11.9. The van der Waals surface area contributed by atoms with Crippen molar-refractivity contribution >= 4 is 5.78 Å². The Morgan fingerprint density at radius 1 is 1.22 bits per heavy atom. The van der Waals surface area contributed by atoms with Gasteiger partial charge in [-0.3, -0.25) is 4.79 Å². The first-order valence-electron chi connectivity index (χ1n) is 6.52.